The molecule has 0 bridgehead atoms. The van der Waals surface area contributed by atoms with Crippen molar-refractivity contribution in [1.29, 1.82) is 0 Å². The van der Waals surface area contributed by atoms with Crippen LogP contribution in [0.3, 0.4) is 0 Å². The quantitative estimate of drug-likeness (QED) is 0.861. The Hall–Kier alpha value is -1.61. The van der Waals surface area contributed by atoms with E-state index in [1.54, 1.807) is 18.2 Å². The Morgan fingerprint density at radius 2 is 1.83 bits per heavy atom. The standard InChI is InChI=1S/C14H12ClF2N/c1-9-11(15)5-3-7-13(9)18-8-10-4-2-6-12(16)14(10)17/h2-7,18H,8H2,1H3. The first-order valence-electron chi connectivity index (χ1n) is 5.51. The van der Waals surface area contributed by atoms with Crippen molar-refractivity contribution in [2.45, 2.75) is 13.5 Å². The van der Waals surface area contributed by atoms with Crippen LogP contribution in [0.1, 0.15) is 11.1 Å². The average molecular weight is 268 g/mol. The Morgan fingerprint density at radius 3 is 2.61 bits per heavy atom. The maximum atomic E-state index is 13.4. The first kappa shape index (κ1) is 12.8. The molecule has 1 N–H and O–H groups in total. The van der Waals surface area contributed by atoms with Gasteiger partial charge in [0.2, 0.25) is 0 Å². The molecule has 0 aliphatic heterocycles. The molecule has 2 aromatic rings. The molecule has 0 aliphatic carbocycles. The molecular weight excluding hydrogens is 256 g/mol. The fourth-order valence-electron chi connectivity index (χ4n) is 1.67. The number of hydrogen-bond acceptors (Lipinski definition) is 1. The van der Waals surface area contributed by atoms with Crippen LogP contribution in [0.4, 0.5) is 14.5 Å². The minimum atomic E-state index is -0.836. The van der Waals surface area contributed by atoms with Crippen molar-refractivity contribution >= 4 is 17.3 Å². The van der Waals surface area contributed by atoms with Crippen molar-refractivity contribution in [3.05, 3.63) is 64.2 Å². The molecule has 0 fully saturated rings. The maximum Gasteiger partial charge on any atom is 0.163 e. The van der Waals surface area contributed by atoms with Gasteiger partial charge in [0.25, 0.3) is 0 Å². The summed E-state index contributed by atoms with van der Waals surface area (Å²) >= 11 is 5.98. The van der Waals surface area contributed by atoms with Gasteiger partial charge in [-0.05, 0) is 30.7 Å². The van der Waals surface area contributed by atoms with Gasteiger partial charge in [0, 0.05) is 22.8 Å². The van der Waals surface area contributed by atoms with Crippen LogP contribution < -0.4 is 5.32 Å². The number of rotatable bonds is 3. The summed E-state index contributed by atoms with van der Waals surface area (Å²) in [7, 11) is 0. The topological polar surface area (TPSA) is 12.0 Å². The van der Waals surface area contributed by atoms with E-state index in [1.807, 2.05) is 13.0 Å². The molecule has 0 aromatic heterocycles. The van der Waals surface area contributed by atoms with Gasteiger partial charge in [0.15, 0.2) is 11.6 Å². The SMILES string of the molecule is Cc1c(Cl)cccc1NCc1cccc(F)c1F. The Kier molecular flexibility index (Phi) is 3.82. The van der Waals surface area contributed by atoms with Crippen molar-refractivity contribution in [2.75, 3.05) is 5.32 Å². The zero-order valence-corrected chi connectivity index (χ0v) is 10.6. The molecule has 0 amide bonds. The van der Waals surface area contributed by atoms with Gasteiger partial charge >= 0.3 is 0 Å². The van der Waals surface area contributed by atoms with Crippen LogP contribution in [0, 0.1) is 18.6 Å². The summed E-state index contributed by atoms with van der Waals surface area (Å²) in [5.41, 5.74) is 1.98. The summed E-state index contributed by atoms with van der Waals surface area (Å²) in [6.45, 7) is 2.08. The molecule has 0 spiro atoms. The van der Waals surface area contributed by atoms with Crippen LogP contribution in [0.25, 0.3) is 0 Å². The zero-order chi connectivity index (χ0) is 13.1. The lowest BCUT2D eigenvalue weighted by Gasteiger charge is -2.11. The van der Waals surface area contributed by atoms with Crippen molar-refractivity contribution in [1.82, 2.24) is 0 Å². The van der Waals surface area contributed by atoms with Gasteiger partial charge in [-0.15, -0.1) is 0 Å². The van der Waals surface area contributed by atoms with E-state index < -0.39 is 11.6 Å². The highest BCUT2D eigenvalue weighted by Crippen LogP contribution is 2.23. The maximum absolute atomic E-state index is 13.4. The minimum absolute atomic E-state index is 0.213. The van der Waals surface area contributed by atoms with Crippen LogP contribution in [0.5, 0.6) is 0 Å². The molecule has 0 heterocycles. The molecule has 0 atom stereocenters. The van der Waals surface area contributed by atoms with Crippen molar-refractivity contribution in [3.8, 4) is 0 Å². The lowest BCUT2D eigenvalue weighted by atomic mass is 10.1. The average Bonchev–Trinajstić information content (AvgIpc) is 2.36. The van der Waals surface area contributed by atoms with Gasteiger partial charge in [0.1, 0.15) is 0 Å². The molecule has 0 unspecified atom stereocenters. The summed E-state index contributed by atoms with van der Waals surface area (Å²) < 4.78 is 26.5. The van der Waals surface area contributed by atoms with E-state index in [9.17, 15) is 8.78 Å². The monoisotopic (exact) mass is 267 g/mol. The van der Waals surface area contributed by atoms with Gasteiger partial charge in [-0.1, -0.05) is 29.8 Å². The molecule has 18 heavy (non-hydrogen) atoms. The van der Waals surface area contributed by atoms with Gasteiger partial charge in [-0.3, -0.25) is 0 Å². The zero-order valence-electron chi connectivity index (χ0n) is 9.81. The van der Waals surface area contributed by atoms with Gasteiger partial charge in [-0.25, -0.2) is 8.78 Å². The largest absolute Gasteiger partial charge is 0.381 e. The Balaban J connectivity index is 2.17. The van der Waals surface area contributed by atoms with Crippen LogP contribution in [-0.4, -0.2) is 0 Å². The van der Waals surface area contributed by atoms with Gasteiger partial charge in [0.05, 0.1) is 0 Å². The Morgan fingerprint density at radius 1 is 1.11 bits per heavy atom. The first-order valence-corrected chi connectivity index (χ1v) is 5.89. The highest BCUT2D eigenvalue weighted by molar-refractivity contribution is 6.31. The third-order valence-electron chi connectivity index (χ3n) is 2.77. The second-order valence-electron chi connectivity index (χ2n) is 3.98. The van der Waals surface area contributed by atoms with E-state index in [0.29, 0.717) is 5.02 Å². The predicted octanol–water partition coefficient (Wildman–Crippen LogP) is 4.54. The second-order valence-corrected chi connectivity index (χ2v) is 4.39. The van der Waals surface area contributed by atoms with E-state index in [2.05, 4.69) is 5.32 Å². The predicted molar refractivity (Wildman–Crippen MR) is 69.9 cm³/mol. The summed E-state index contributed by atoms with van der Waals surface area (Å²) in [4.78, 5) is 0. The number of anilines is 1. The lowest BCUT2D eigenvalue weighted by Crippen LogP contribution is -2.04. The van der Waals surface area contributed by atoms with Crippen molar-refractivity contribution in [3.63, 3.8) is 0 Å². The van der Waals surface area contributed by atoms with E-state index in [1.165, 1.54) is 6.07 Å². The van der Waals surface area contributed by atoms with Crippen LogP contribution >= 0.6 is 11.6 Å². The summed E-state index contributed by atoms with van der Waals surface area (Å²) in [5.74, 6) is -1.65. The number of hydrogen-bond donors (Lipinski definition) is 1. The summed E-state index contributed by atoms with van der Waals surface area (Å²) in [5, 5.41) is 3.69. The van der Waals surface area contributed by atoms with Crippen LogP contribution in [0.15, 0.2) is 36.4 Å². The molecular formula is C14H12ClF2N. The van der Waals surface area contributed by atoms with Crippen molar-refractivity contribution < 1.29 is 8.78 Å². The summed E-state index contributed by atoms with van der Waals surface area (Å²) in [6, 6.07) is 9.57. The van der Waals surface area contributed by atoms with E-state index in [4.69, 9.17) is 11.6 Å². The van der Waals surface area contributed by atoms with E-state index in [0.717, 1.165) is 17.3 Å². The lowest BCUT2D eigenvalue weighted by molar-refractivity contribution is 0.500. The van der Waals surface area contributed by atoms with Crippen LogP contribution in [-0.2, 0) is 6.54 Å². The molecule has 2 rings (SSSR count). The highest BCUT2D eigenvalue weighted by atomic mass is 35.5. The highest BCUT2D eigenvalue weighted by Gasteiger charge is 2.08. The molecule has 0 radical (unpaired) electrons. The third kappa shape index (κ3) is 2.62. The van der Waals surface area contributed by atoms with Crippen molar-refractivity contribution in [2.24, 2.45) is 0 Å². The number of benzene rings is 2. The molecule has 2 aromatic carbocycles. The Bertz CT molecular complexity index is 518. The molecule has 94 valence electrons. The molecule has 4 heteroatoms. The summed E-state index contributed by atoms with van der Waals surface area (Å²) in [6.07, 6.45) is 0. The minimum Gasteiger partial charge on any atom is -0.381 e. The molecule has 0 saturated heterocycles. The van der Waals surface area contributed by atoms with Gasteiger partial charge < -0.3 is 5.32 Å². The molecule has 0 aliphatic rings. The second kappa shape index (κ2) is 5.36. The first-order chi connectivity index (χ1) is 8.59. The third-order valence-corrected chi connectivity index (χ3v) is 3.18. The molecule has 1 nitrogen and oxygen atoms in total. The number of halogens is 3. The Labute approximate surface area is 109 Å². The fraction of sp³-hybridized carbons (Fsp3) is 0.143. The van der Waals surface area contributed by atoms with E-state index >= 15 is 0 Å². The van der Waals surface area contributed by atoms with Crippen LogP contribution in [0.2, 0.25) is 5.02 Å². The molecule has 0 saturated carbocycles. The van der Waals surface area contributed by atoms with E-state index in [-0.39, 0.29) is 12.1 Å². The smallest absolute Gasteiger partial charge is 0.163 e. The fourth-order valence-corrected chi connectivity index (χ4v) is 1.85. The van der Waals surface area contributed by atoms with Gasteiger partial charge in [-0.2, -0.15) is 0 Å². The number of nitrogens with one attached hydrogen (secondary N) is 1. The normalized spacial score (nSPS) is 10.4.